The summed E-state index contributed by atoms with van der Waals surface area (Å²) in [6.45, 7) is 6.91. The molecule has 1 unspecified atom stereocenters. The zero-order valence-corrected chi connectivity index (χ0v) is 12.7. The molecule has 2 saturated heterocycles. The van der Waals surface area contributed by atoms with Crippen LogP contribution in [0.4, 0.5) is 4.79 Å². The Morgan fingerprint density at radius 2 is 1.95 bits per heavy atom. The Hall–Kier alpha value is -0.910. The van der Waals surface area contributed by atoms with Gasteiger partial charge in [-0.3, -0.25) is 4.79 Å². The van der Waals surface area contributed by atoms with Crippen molar-refractivity contribution in [2.24, 2.45) is 5.92 Å². The van der Waals surface area contributed by atoms with Crippen LogP contribution in [-0.2, 0) is 14.3 Å². The van der Waals surface area contributed by atoms with Crippen LogP contribution in [0.5, 0.6) is 0 Å². The molecule has 0 N–H and O–H groups in total. The maximum Gasteiger partial charge on any atom is 0.410 e. The van der Waals surface area contributed by atoms with E-state index in [1.165, 1.54) is 7.11 Å². The molecule has 2 heterocycles. The van der Waals surface area contributed by atoms with Gasteiger partial charge in [-0.05, 0) is 27.2 Å². The Labute approximate surface area is 118 Å². The molecule has 1 amide bonds. The number of carbonyl (C=O) groups excluding carboxylic acids is 2. The second kappa shape index (κ2) is 4.89. The van der Waals surface area contributed by atoms with E-state index in [2.05, 4.69) is 0 Å². The van der Waals surface area contributed by atoms with Gasteiger partial charge >= 0.3 is 12.1 Å². The number of hydrogen-bond acceptors (Lipinski definition) is 5. The Balaban J connectivity index is 1.83. The number of nitrogens with zero attached hydrogens (tertiary/aromatic N) is 1. The van der Waals surface area contributed by atoms with Crippen LogP contribution in [0.15, 0.2) is 0 Å². The van der Waals surface area contributed by atoms with E-state index in [4.69, 9.17) is 9.47 Å². The van der Waals surface area contributed by atoms with Crippen LogP contribution in [-0.4, -0.2) is 53.3 Å². The highest BCUT2D eigenvalue weighted by atomic mass is 32.2. The molecular weight excluding hydrogens is 266 g/mol. The van der Waals surface area contributed by atoms with Crippen LogP contribution in [0.25, 0.3) is 0 Å². The fraction of sp³-hybridized carbons (Fsp3) is 0.846. The maximum atomic E-state index is 11.9. The van der Waals surface area contributed by atoms with E-state index in [1.807, 2.05) is 20.8 Å². The van der Waals surface area contributed by atoms with Gasteiger partial charge in [0, 0.05) is 18.8 Å². The van der Waals surface area contributed by atoms with E-state index in [1.54, 1.807) is 16.7 Å². The average Bonchev–Trinajstić information content (AvgIpc) is 2.68. The summed E-state index contributed by atoms with van der Waals surface area (Å²) in [5, 5.41) is 0. The fourth-order valence-corrected chi connectivity index (χ4v) is 4.11. The van der Waals surface area contributed by atoms with Gasteiger partial charge in [-0.1, -0.05) is 0 Å². The van der Waals surface area contributed by atoms with Crippen molar-refractivity contribution in [3.8, 4) is 0 Å². The quantitative estimate of drug-likeness (QED) is 0.689. The second-order valence-electron chi connectivity index (χ2n) is 6.25. The maximum absolute atomic E-state index is 11.9. The fourth-order valence-electron chi connectivity index (χ4n) is 2.49. The molecule has 0 saturated carbocycles. The largest absolute Gasteiger partial charge is 0.469 e. The molecule has 2 fully saturated rings. The zero-order chi connectivity index (χ0) is 14.3. The minimum atomic E-state index is -0.461. The number of methoxy groups -OCH3 is 1. The summed E-state index contributed by atoms with van der Waals surface area (Å²) < 4.78 is 10.1. The number of carbonyl (C=O) groups is 2. The zero-order valence-electron chi connectivity index (χ0n) is 11.9. The smallest absolute Gasteiger partial charge is 0.410 e. The van der Waals surface area contributed by atoms with E-state index < -0.39 is 5.60 Å². The monoisotopic (exact) mass is 287 g/mol. The molecule has 5 nitrogen and oxygen atoms in total. The van der Waals surface area contributed by atoms with Crippen molar-refractivity contribution in [3.05, 3.63) is 0 Å². The molecule has 0 aliphatic carbocycles. The van der Waals surface area contributed by atoms with Crippen molar-refractivity contribution in [2.45, 2.75) is 37.5 Å². The number of hydrogen-bond donors (Lipinski definition) is 0. The lowest BCUT2D eigenvalue weighted by molar-refractivity contribution is -0.145. The van der Waals surface area contributed by atoms with Crippen LogP contribution in [0.2, 0.25) is 0 Å². The molecule has 2 aliphatic rings. The lowest BCUT2D eigenvalue weighted by Gasteiger charge is -2.47. The van der Waals surface area contributed by atoms with Crippen LogP contribution >= 0.6 is 11.8 Å². The molecular formula is C13H21NO4S. The van der Waals surface area contributed by atoms with E-state index in [0.29, 0.717) is 13.1 Å². The SMILES string of the molecule is COC(=O)C1CSC2(C1)CN(C(=O)OC(C)(C)C)C2. The summed E-state index contributed by atoms with van der Waals surface area (Å²) in [6.07, 6.45) is 0.532. The highest BCUT2D eigenvalue weighted by Gasteiger charge is 2.53. The molecule has 0 aromatic heterocycles. The number of ether oxygens (including phenoxy) is 2. The minimum absolute atomic E-state index is 0.0317. The average molecular weight is 287 g/mol. The second-order valence-corrected chi connectivity index (χ2v) is 7.74. The van der Waals surface area contributed by atoms with E-state index in [9.17, 15) is 9.59 Å². The van der Waals surface area contributed by atoms with Crippen LogP contribution in [0.3, 0.4) is 0 Å². The summed E-state index contributed by atoms with van der Waals surface area (Å²) in [4.78, 5) is 25.1. The minimum Gasteiger partial charge on any atom is -0.469 e. The first-order chi connectivity index (χ1) is 8.75. The molecule has 0 bridgehead atoms. The van der Waals surface area contributed by atoms with Gasteiger partial charge in [0.05, 0.1) is 17.8 Å². The summed E-state index contributed by atoms with van der Waals surface area (Å²) in [6, 6.07) is 0. The first-order valence-electron chi connectivity index (χ1n) is 6.44. The van der Waals surface area contributed by atoms with Crippen LogP contribution < -0.4 is 0 Å². The van der Waals surface area contributed by atoms with Gasteiger partial charge in [-0.15, -0.1) is 0 Å². The third kappa shape index (κ3) is 3.16. The molecule has 1 spiro atoms. The number of likely N-dealkylation sites (tertiary alicyclic amines) is 1. The lowest BCUT2D eigenvalue weighted by Crippen LogP contribution is -2.61. The summed E-state index contributed by atoms with van der Waals surface area (Å²) >= 11 is 1.77. The van der Waals surface area contributed by atoms with Gasteiger partial charge in [0.15, 0.2) is 0 Å². The van der Waals surface area contributed by atoms with Gasteiger partial charge in [-0.2, -0.15) is 11.8 Å². The van der Waals surface area contributed by atoms with Crippen molar-refractivity contribution in [3.63, 3.8) is 0 Å². The Morgan fingerprint density at radius 3 is 2.47 bits per heavy atom. The van der Waals surface area contributed by atoms with Gasteiger partial charge < -0.3 is 14.4 Å². The van der Waals surface area contributed by atoms with Crippen molar-refractivity contribution >= 4 is 23.8 Å². The van der Waals surface area contributed by atoms with E-state index in [-0.39, 0.29) is 22.7 Å². The molecule has 6 heteroatoms. The van der Waals surface area contributed by atoms with Crippen molar-refractivity contribution in [1.82, 2.24) is 4.90 Å². The Kier molecular flexibility index (Phi) is 3.73. The molecule has 0 aromatic rings. The summed E-state index contributed by atoms with van der Waals surface area (Å²) in [7, 11) is 1.42. The predicted octanol–water partition coefficient (Wildman–Crippen LogP) is 1.90. The molecule has 0 aromatic carbocycles. The molecule has 2 rings (SSSR count). The molecule has 2 aliphatic heterocycles. The molecule has 108 valence electrons. The van der Waals surface area contributed by atoms with Crippen LogP contribution in [0, 0.1) is 5.92 Å². The normalized spacial score (nSPS) is 25.1. The van der Waals surface area contributed by atoms with Crippen molar-refractivity contribution in [1.29, 1.82) is 0 Å². The van der Waals surface area contributed by atoms with Gasteiger partial charge in [-0.25, -0.2) is 4.79 Å². The van der Waals surface area contributed by atoms with Gasteiger partial charge in [0.25, 0.3) is 0 Å². The Morgan fingerprint density at radius 1 is 1.32 bits per heavy atom. The highest BCUT2D eigenvalue weighted by molar-refractivity contribution is 8.01. The number of rotatable bonds is 1. The summed E-state index contributed by atoms with van der Waals surface area (Å²) in [5.41, 5.74) is -0.461. The van der Waals surface area contributed by atoms with E-state index in [0.717, 1.165) is 12.2 Å². The highest BCUT2D eigenvalue weighted by Crippen LogP contribution is 2.48. The van der Waals surface area contributed by atoms with Crippen LogP contribution in [0.1, 0.15) is 27.2 Å². The lowest BCUT2D eigenvalue weighted by atomic mass is 9.89. The number of thioether (sulfide) groups is 1. The number of amides is 1. The summed E-state index contributed by atoms with van der Waals surface area (Å²) in [5.74, 6) is 0.616. The third-order valence-corrected chi connectivity index (χ3v) is 4.96. The molecule has 1 atom stereocenters. The van der Waals surface area contributed by atoms with Crippen molar-refractivity contribution < 1.29 is 19.1 Å². The van der Waals surface area contributed by atoms with Gasteiger partial charge in [0.2, 0.25) is 0 Å². The van der Waals surface area contributed by atoms with Gasteiger partial charge in [0.1, 0.15) is 5.60 Å². The van der Waals surface area contributed by atoms with E-state index >= 15 is 0 Å². The molecule has 19 heavy (non-hydrogen) atoms. The standard InChI is InChI=1S/C13H21NO4S/c1-12(2,3)18-11(16)14-7-13(8-14)5-9(6-19-13)10(15)17-4/h9H,5-8H2,1-4H3. The predicted molar refractivity (Wildman–Crippen MR) is 73.1 cm³/mol. The Bertz CT molecular complexity index is 385. The number of esters is 1. The first-order valence-corrected chi connectivity index (χ1v) is 7.43. The molecule has 0 radical (unpaired) electrons. The third-order valence-electron chi connectivity index (χ3n) is 3.35. The van der Waals surface area contributed by atoms with Crippen molar-refractivity contribution in [2.75, 3.05) is 26.0 Å². The first kappa shape index (κ1) is 14.5. The topological polar surface area (TPSA) is 55.8 Å².